The SMILES string of the molecule is CN=C(NCC(C)Cn1cccn1)NC1CCN(c2ncccc2Cl)C1. The Hall–Kier alpha value is -2.28. The molecule has 8 heteroatoms. The number of rotatable bonds is 6. The number of nitrogens with one attached hydrogen (secondary N) is 2. The lowest BCUT2D eigenvalue weighted by Gasteiger charge is -2.21. The van der Waals surface area contributed by atoms with Gasteiger partial charge in [0.05, 0.1) is 5.02 Å². The zero-order chi connectivity index (χ0) is 18.4. The fourth-order valence-electron chi connectivity index (χ4n) is 3.13. The fourth-order valence-corrected chi connectivity index (χ4v) is 3.37. The lowest BCUT2D eigenvalue weighted by Crippen LogP contribution is -2.46. The first-order chi connectivity index (χ1) is 12.7. The van der Waals surface area contributed by atoms with Gasteiger partial charge in [-0.15, -0.1) is 0 Å². The molecule has 1 saturated heterocycles. The molecule has 2 aromatic heterocycles. The van der Waals surface area contributed by atoms with Gasteiger partial charge in [-0.2, -0.15) is 5.10 Å². The lowest BCUT2D eigenvalue weighted by molar-refractivity contribution is 0.442. The van der Waals surface area contributed by atoms with Crippen molar-refractivity contribution in [3.63, 3.8) is 0 Å². The van der Waals surface area contributed by atoms with Crippen LogP contribution in [0, 0.1) is 5.92 Å². The van der Waals surface area contributed by atoms with E-state index in [2.05, 4.69) is 37.5 Å². The van der Waals surface area contributed by atoms with E-state index in [0.29, 0.717) is 17.0 Å². The van der Waals surface area contributed by atoms with Crippen molar-refractivity contribution in [2.75, 3.05) is 31.6 Å². The van der Waals surface area contributed by atoms with Crippen LogP contribution >= 0.6 is 11.6 Å². The minimum Gasteiger partial charge on any atom is -0.356 e. The Kier molecular flexibility index (Phi) is 6.33. The first-order valence-electron chi connectivity index (χ1n) is 8.95. The molecule has 0 aliphatic carbocycles. The maximum Gasteiger partial charge on any atom is 0.191 e. The smallest absolute Gasteiger partial charge is 0.191 e. The topological polar surface area (TPSA) is 70.4 Å². The summed E-state index contributed by atoms with van der Waals surface area (Å²) < 4.78 is 1.95. The van der Waals surface area contributed by atoms with Gasteiger partial charge < -0.3 is 15.5 Å². The zero-order valence-corrected chi connectivity index (χ0v) is 16.0. The molecule has 0 amide bonds. The van der Waals surface area contributed by atoms with E-state index in [1.165, 1.54) is 0 Å². The van der Waals surface area contributed by atoms with Gasteiger partial charge in [-0.1, -0.05) is 18.5 Å². The van der Waals surface area contributed by atoms with E-state index in [0.717, 1.165) is 44.4 Å². The van der Waals surface area contributed by atoms with Gasteiger partial charge >= 0.3 is 0 Å². The molecule has 1 aliphatic heterocycles. The van der Waals surface area contributed by atoms with Crippen molar-refractivity contribution in [3.05, 3.63) is 41.8 Å². The molecular formula is C18H26ClN7. The van der Waals surface area contributed by atoms with Gasteiger partial charge in [0.15, 0.2) is 5.96 Å². The first-order valence-corrected chi connectivity index (χ1v) is 9.33. The largest absolute Gasteiger partial charge is 0.356 e. The molecule has 0 spiro atoms. The van der Waals surface area contributed by atoms with Crippen LogP contribution < -0.4 is 15.5 Å². The molecule has 26 heavy (non-hydrogen) atoms. The van der Waals surface area contributed by atoms with Crippen LogP contribution in [0.15, 0.2) is 41.8 Å². The summed E-state index contributed by atoms with van der Waals surface area (Å²) in [6.45, 7) is 5.71. The van der Waals surface area contributed by atoms with Crippen LogP contribution in [-0.2, 0) is 6.54 Å². The van der Waals surface area contributed by atoms with Crippen molar-refractivity contribution in [2.24, 2.45) is 10.9 Å². The molecule has 7 nitrogen and oxygen atoms in total. The monoisotopic (exact) mass is 375 g/mol. The molecule has 0 saturated carbocycles. The molecular weight excluding hydrogens is 350 g/mol. The van der Waals surface area contributed by atoms with Gasteiger partial charge in [-0.3, -0.25) is 9.67 Å². The summed E-state index contributed by atoms with van der Waals surface area (Å²) in [6, 6.07) is 6.00. The van der Waals surface area contributed by atoms with Crippen molar-refractivity contribution in [3.8, 4) is 0 Å². The van der Waals surface area contributed by atoms with E-state index < -0.39 is 0 Å². The van der Waals surface area contributed by atoms with Gasteiger partial charge in [0.25, 0.3) is 0 Å². The quantitative estimate of drug-likeness (QED) is 0.597. The first kappa shape index (κ1) is 18.5. The minimum atomic E-state index is 0.320. The highest BCUT2D eigenvalue weighted by atomic mass is 35.5. The van der Waals surface area contributed by atoms with Crippen LogP contribution in [0.25, 0.3) is 0 Å². The Bertz CT molecular complexity index is 716. The Balaban J connectivity index is 1.46. The molecule has 2 N–H and O–H groups in total. The summed E-state index contributed by atoms with van der Waals surface area (Å²) in [5.74, 6) is 2.13. The molecule has 1 fully saturated rings. The summed E-state index contributed by atoms with van der Waals surface area (Å²) in [5, 5.41) is 11.9. The Morgan fingerprint density at radius 3 is 3.04 bits per heavy atom. The van der Waals surface area contributed by atoms with Crippen molar-refractivity contribution >= 4 is 23.4 Å². The van der Waals surface area contributed by atoms with Crippen molar-refractivity contribution < 1.29 is 0 Å². The summed E-state index contributed by atoms with van der Waals surface area (Å²) in [7, 11) is 1.80. The van der Waals surface area contributed by atoms with Crippen molar-refractivity contribution in [1.82, 2.24) is 25.4 Å². The molecule has 2 unspecified atom stereocenters. The maximum atomic E-state index is 6.26. The third kappa shape index (κ3) is 4.88. The maximum absolute atomic E-state index is 6.26. The van der Waals surface area contributed by atoms with Gasteiger partial charge in [-0.25, -0.2) is 4.98 Å². The summed E-state index contributed by atoms with van der Waals surface area (Å²) in [6.07, 6.45) is 6.60. The van der Waals surface area contributed by atoms with E-state index in [9.17, 15) is 0 Å². The summed E-state index contributed by atoms with van der Waals surface area (Å²) in [4.78, 5) is 11.0. The van der Waals surface area contributed by atoms with E-state index in [1.54, 1.807) is 19.4 Å². The summed E-state index contributed by atoms with van der Waals surface area (Å²) in [5.41, 5.74) is 0. The van der Waals surface area contributed by atoms with E-state index >= 15 is 0 Å². The molecule has 0 radical (unpaired) electrons. The number of hydrogen-bond acceptors (Lipinski definition) is 4. The van der Waals surface area contributed by atoms with E-state index in [1.807, 2.05) is 29.1 Å². The van der Waals surface area contributed by atoms with Gasteiger partial charge in [0.1, 0.15) is 5.82 Å². The van der Waals surface area contributed by atoms with E-state index in [4.69, 9.17) is 11.6 Å². The second kappa shape index (κ2) is 8.89. The predicted molar refractivity (Wildman–Crippen MR) is 106 cm³/mol. The van der Waals surface area contributed by atoms with Crippen LogP contribution in [0.4, 0.5) is 5.82 Å². The van der Waals surface area contributed by atoms with Crippen molar-refractivity contribution in [2.45, 2.75) is 25.9 Å². The number of nitrogens with zero attached hydrogens (tertiary/aromatic N) is 5. The Morgan fingerprint density at radius 2 is 2.31 bits per heavy atom. The Labute approximate surface area is 159 Å². The number of anilines is 1. The van der Waals surface area contributed by atoms with Crippen LogP contribution in [-0.4, -0.2) is 53.4 Å². The van der Waals surface area contributed by atoms with Crippen LogP contribution in [0.1, 0.15) is 13.3 Å². The Morgan fingerprint density at radius 1 is 1.42 bits per heavy atom. The predicted octanol–water partition coefficient (Wildman–Crippen LogP) is 2.01. The van der Waals surface area contributed by atoms with E-state index in [-0.39, 0.29) is 0 Å². The molecule has 3 heterocycles. The third-order valence-electron chi connectivity index (χ3n) is 4.47. The molecule has 0 aromatic carbocycles. The average Bonchev–Trinajstić information content (AvgIpc) is 3.31. The number of pyridine rings is 1. The second-order valence-electron chi connectivity index (χ2n) is 6.67. The molecule has 2 aromatic rings. The molecule has 2 atom stereocenters. The van der Waals surface area contributed by atoms with Gasteiger partial charge in [-0.05, 0) is 30.5 Å². The summed E-state index contributed by atoms with van der Waals surface area (Å²) >= 11 is 6.26. The van der Waals surface area contributed by atoms with Crippen LogP contribution in [0.5, 0.6) is 0 Å². The minimum absolute atomic E-state index is 0.320. The number of aromatic nitrogens is 3. The molecule has 0 bridgehead atoms. The highest BCUT2D eigenvalue weighted by Gasteiger charge is 2.25. The van der Waals surface area contributed by atoms with Crippen LogP contribution in [0.3, 0.4) is 0 Å². The van der Waals surface area contributed by atoms with Crippen molar-refractivity contribution in [1.29, 1.82) is 0 Å². The van der Waals surface area contributed by atoms with Gasteiger partial charge in [0.2, 0.25) is 0 Å². The number of aliphatic imine (C=N–C) groups is 1. The van der Waals surface area contributed by atoms with Gasteiger partial charge in [0, 0.05) is 57.9 Å². The highest BCUT2D eigenvalue weighted by molar-refractivity contribution is 6.32. The third-order valence-corrected chi connectivity index (χ3v) is 4.76. The van der Waals surface area contributed by atoms with Crippen LogP contribution in [0.2, 0.25) is 5.02 Å². The molecule has 140 valence electrons. The number of hydrogen-bond donors (Lipinski definition) is 2. The zero-order valence-electron chi connectivity index (χ0n) is 15.3. The fraction of sp³-hybridized carbons (Fsp3) is 0.500. The molecule has 1 aliphatic rings. The number of halogens is 1. The average molecular weight is 376 g/mol. The number of guanidine groups is 1. The normalized spacial score (nSPS) is 18.8. The molecule has 3 rings (SSSR count). The highest BCUT2D eigenvalue weighted by Crippen LogP contribution is 2.25. The standard InChI is InChI=1S/C18H26ClN7/c1-14(12-26-9-4-8-23-26)11-22-18(20-2)24-15-6-10-25(13-15)17-16(19)5-3-7-21-17/h3-5,7-9,14-15H,6,10-13H2,1-2H3,(H2,20,22,24). The lowest BCUT2D eigenvalue weighted by atomic mass is 10.2. The second-order valence-corrected chi connectivity index (χ2v) is 7.08.